The van der Waals surface area contributed by atoms with E-state index in [1.807, 2.05) is 54.3 Å². The van der Waals surface area contributed by atoms with Gasteiger partial charge in [0.05, 0.1) is 20.6 Å². The molecule has 4 rings (SSSR count). The molecule has 3 aromatic rings. The number of aromatic amines is 1. The second-order valence-corrected chi connectivity index (χ2v) is 8.39. The number of benzene rings is 2. The first-order valence-electron chi connectivity index (χ1n) is 11.4. The van der Waals surface area contributed by atoms with Crippen molar-refractivity contribution in [2.24, 2.45) is 0 Å². The zero-order chi connectivity index (χ0) is 24.1. The van der Waals surface area contributed by atoms with Crippen LogP contribution in [0, 0.1) is 6.92 Å². The van der Waals surface area contributed by atoms with E-state index in [4.69, 9.17) is 9.47 Å². The largest absolute Gasteiger partial charge is 0.493 e. The predicted molar refractivity (Wildman–Crippen MR) is 128 cm³/mol. The van der Waals surface area contributed by atoms with Gasteiger partial charge in [0, 0.05) is 37.3 Å². The maximum Gasteiger partial charge on any atom is 0.272 e. The van der Waals surface area contributed by atoms with Gasteiger partial charge in [0.25, 0.3) is 5.91 Å². The molecule has 8 nitrogen and oxygen atoms in total. The Hall–Kier alpha value is -3.81. The predicted octanol–water partition coefficient (Wildman–Crippen LogP) is 2.84. The van der Waals surface area contributed by atoms with E-state index in [1.165, 1.54) is 0 Å². The summed E-state index contributed by atoms with van der Waals surface area (Å²) in [6.07, 6.45) is 1.65. The fourth-order valence-electron chi connectivity index (χ4n) is 4.22. The third-order valence-electron chi connectivity index (χ3n) is 6.25. The number of H-pyrrole nitrogens is 1. The normalized spacial score (nSPS) is 12.7. The third-order valence-corrected chi connectivity index (χ3v) is 6.25. The summed E-state index contributed by atoms with van der Waals surface area (Å²) < 4.78 is 10.6. The smallest absolute Gasteiger partial charge is 0.272 e. The topological polar surface area (TPSA) is 96.5 Å². The van der Waals surface area contributed by atoms with E-state index in [2.05, 4.69) is 15.5 Å². The van der Waals surface area contributed by atoms with E-state index >= 15 is 0 Å². The molecule has 0 spiro atoms. The van der Waals surface area contributed by atoms with Gasteiger partial charge in [-0.3, -0.25) is 14.7 Å². The van der Waals surface area contributed by atoms with E-state index in [9.17, 15) is 9.59 Å². The van der Waals surface area contributed by atoms with Gasteiger partial charge in [0.15, 0.2) is 17.2 Å². The second kappa shape index (κ2) is 10.4. The van der Waals surface area contributed by atoms with Gasteiger partial charge in [-0.05, 0) is 42.2 Å². The van der Waals surface area contributed by atoms with Gasteiger partial charge < -0.3 is 19.7 Å². The lowest BCUT2D eigenvalue weighted by Gasteiger charge is -2.27. The van der Waals surface area contributed by atoms with Crippen molar-refractivity contribution in [2.45, 2.75) is 32.7 Å². The number of nitrogens with zero attached hydrogens (tertiary/aromatic N) is 2. The molecule has 0 radical (unpaired) electrons. The highest BCUT2D eigenvalue weighted by molar-refractivity contribution is 5.94. The van der Waals surface area contributed by atoms with Crippen molar-refractivity contribution in [1.82, 2.24) is 20.4 Å². The van der Waals surface area contributed by atoms with Crippen LogP contribution in [0.2, 0.25) is 0 Å². The quantitative estimate of drug-likeness (QED) is 0.537. The Morgan fingerprint density at radius 1 is 1.12 bits per heavy atom. The fourth-order valence-corrected chi connectivity index (χ4v) is 4.22. The van der Waals surface area contributed by atoms with Crippen molar-refractivity contribution in [1.29, 1.82) is 0 Å². The summed E-state index contributed by atoms with van der Waals surface area (Å²) in [5, 5.41) is 10.2. The van der Waals surface area contributed by atoms with Gasteiger partial charge in [-0.1, -0.05) is 30.3 Å². The molecule has 34 heavy (non-hydrogen) atoms. The van der Waals surface area contributed by atoms with Crippen LogP contribution in [0.3, 0.4) is 0 Å². The number of nitrogens with one attached hydrogen (secondary N) is 2. The standard InChI is InChI=1S/C26H30N4O4/c1-17-6-4-5-7-19(17)15-24(31)30-13-11-21-20(16-30)25(29-28-21)26(32)27-12-10-18-8-9-22(33-2)23(14-18)34-3/h4-9,14H,10-13,15-16H2,1-3H3,(H,27,32)(H,28,29). The number of methoxy groups -OCH3 is 2. The van der Waals surface area contributed by atoms with Crippen LogP contribution >= 0.6 is 0 Å². The summed E-state index contributed by atoms with van der Waals surface area (Å²) in [6.45, 7) is 3.46. The van der Waals surface area contributed by atoms with Gasteiger partial charge in [-0.25, -0.2) is 0 Å². The molecule has 8 heteroatoms. The molecule has 2 heterocycles. The van der Waals surface area contributed by atoms with Crippen molar-refractivity contribution in [3.8, 4) is 11.5 Å². The van der Waals surface area contributed by atoms with Crippen LogP contribution in [0.5, 0.6) is 11.5 Å². The summed E-state index contributed by atoms with van der Waals surface area (Å²) in [7, 11) is 3.19. The van der Waals surface area contributed by atoms with Crippen LogP contribution in [0.25, 0.3) is 0 Å². The van der Waals surface area contributed by atoms with E-state index in [1.54, 1.807) is 14.2 Å². The Labute approximate surface area is 199 Å². The molecule has 0 atom stereocenters. The molecule has 1 aliphatic heterocycles. The molecule has 2 aromatic carbocycles. The highest BCUT2D eigenvalue weighted by Gasteiger charge is 2.27. The van der Waals surface area contributed by atoms with Gasteiger partial charge in [-0.2, -0.15) is 5.10 Å². The molecule has 2 N–H and O–H groups in total. The Balaban J connectivity index is 1.37. The molecule has 0 bridgehead atoms. The lowest BCUT2D eigenvalue weighted by atomic mass is 10.0. The van der Waals surface area contributed by atoms with Crippen LogP contribution in [0.1, 0.15) is 38.4 Å². The Morgan fingerprint density at radius 2 is 1.91 bits per heavy atom. The lowest BCUT2D eigenvalue weighted by Crippen LogP contribution is -2.38. The SMILES string of the molecule is COc1ccc(CCNC(=O)c2n[nH]c3c2CN(C(=O)Cc2ccccc2C)CC3)cc1OC. The maximum absolute atomic E-state index is 12.9. The fraction of sp³-hybridized carbons (Fsp3) is 0.346. The molecule has 0 unspecified atom stereocenters. The number of carbonyl (C=O) groups excluding carboxylic acids is 2. The number of carbonyl (C=O) groups is 2. The number of rotatable bonds is 8. The first-order valence-corrected chi connectivity index (χ1v) is 11.4. The first-order chi connectivity index (χ1) is 16.5. The van der Waals surface area contributed by atoms with Crippen LogP contribution < -0.4 is 14.8 Å². The number of fused-ring (bicyclic) bond motifs is 1. The van der Waals surface area contributed by atoms with Gasteiger partial charge in [0.2, 0.25) is 5.91 Å². The molecule has 0 fully saturated rings. The molecule has 0 saturated heterocycles. The Morgan fingerprint density at radius 3 is 2.68 bits per heavy atom. The van der Waals surface area contributed by atoms with Crippen molar-refractivity contribution >= 4 is 11.8 Å². The molecule has 2 amide bonds. The van der Waals surface area contributed by atoms with E-state index < -0.39 is 0 Å². The zero-order valence-electron chi connectivity index (χ0n) is 19.8. The minimum atomic E-state index is -0.244. The highest BCUT2D eigenvalue weighted by Crippen LogP contribution is 2.27. The van der Waals surface area contributed by atoms with Crippen molar-refractivity contribution in [3.63, 3.8) is 0 Å². The van der Waals surface area contributed by atoms with Crippen molar-refractivity contribution in [3.05, 3.63) is 76.1 Å². The molecule has 1 aromatic heterocycles. The number of hydrogen-bond acceptors (Lipinski definition) is 5. The van der Waals surface area contributed by atoms with Crippen LogP contribution in [-0.2, 0) is 30.6 Å². The summed E-state index contributed by atoms with van der Waals surface area (Å²) >= 11 is 0. The Kier molecular flexibility index (Phi) is 7.15. The molecular formula is C26H30N4O4. The van der Waals surface area contributed by atoms with E-state index in [-0.39, 0.29) is 11.8 Å². The van der Waals surface area contributed by atoms with Crippen LogP contribution in [0.4, 0.5) is 0 Å². The highest BCUT2D eigenvalue weighted by atomic mass is 16.5. The monoisotopic (exact) mass is 462 g/mol. The first kappa shape index (κ1) is 23.4. The lowest BCUT2D eigenvalue weighted by molar-refractivity contribution is -0.131. The van der Waals surface area contributed by atoms with Crippen LogP contribution in [0.15, 0.2) is 42.5 Å². The van der Waals surface area contributed by atoms with Gasteiger partial charge in [0.1, 0.15) is 0 Å². The maximum atomic E-state index is 12.9. The Bertz CT molecular complexity index is 1190. The van der Waals surface area contributed by atoms with Crippen LogP contribution in [-0.4, -0.2) is 54.2 Å². The third kappa shape index (κ3) is 5.06. The number of aryl methyl sites for hydroxylation is 1. The number of ether oxygens (including phenoxy) is 2. The summed E-state index contributed by atoms with van der Waals surface area (Å²) in [6, 6.07) is 13.6. The molecule has 1 aliphatic rings. The average Bonchev–Trinajstić information content (AvgIpc) is 3.28. The molecule has 178 valence electrons. The number of amides is 2. The van der Waals surface area contributed by atoms with Gasteiger partial charge >= 0.3 is 0 Å². The van der Waals surface area contributed by atoms with Crippen molar-refractivity contribution in [2.75, 3.05) is 27.3 Å². The molecule has 0 saturated carbocycles. The van der Waals surface area contributed by atoms with E-state index in [0.717, 1.165) is 27.9 Å². The van der Waals surface area contributed by atoms with E-state index in [0.29, 0.717) is 56.1 Å². The summed E-state index contributed by atoms with van der Waals surface area (Å²) in [5.41, 5.74) is 5.23. The zero-order valence-corrected chi connectivity index (χ0v) is 19.8. The number of aromatic nitrogens is 2. The molecule has 0 aliphatic carbocycles. The minimum Gasteiger partial charge on any atom is -0.493 e. The summed E-state index contributed by atoms with van der Waals surface area (Å²) in [4.78, 5) is 27.6. The van der Waals surface area contributed by atoms with Crippen molar-refractivity contribution < 1.29 is 19.1 Å². The van der Waals surface area contributed by atoms with Gasteiger partial charge in [-0.15, -0.1) is 0 Å². The second-order valence-electron chi connectivity index (χ2n) is 8.39. The summed E-state index contributed by atoms with van der Waals surface area (Å²) in [5.74, 6) is 1.13. The molecular weight excluding hydrogens is 432 g/mol. The minimum absolute atomic E-state index is 0.0564. The number of hydrogen-bond donors (Lipinski definition) is 2. The average molecular weight is 463 g/mol.